The fraction of sp³-hybridized carbons (Fsp3) is 0.500. The molecular weight excluding hydrogens is 440 g/mol. The van der Waals surface area contributed by atoms with Gasteiger partial charge in [-0.25, -0.2) is 13.6 Å². The van der Waals surface area contributed by atoms with Gasteiger partial charge in [0.1, 0.15) is 5.56 Å². The third-order valence-electron chi connectivity index (χ3n) is 6.23. The van der Waals surface area contributed by atoms with Gasteiger partial charge in [0.2, 0.25) is 10.0 Å². The van der Waals surface area contributed by atoms with E-state index in [0.29, 0.717) is 19.4 Å². The molecule has 1 aromatic carbocycles. The smallest absolute Gasteiger partial charge is 0.257 e. The summed E-state index contributed by atoms with van der Waals surface area (Å²) in [5.41, 5.74) is 2.47. The van der Waals surface area contributed by atoms with Crippen molar-refractivity contribution in [3.63, 3.8) is 0 Å². The summed E-state index contributed by atoms with van der Waals surface area (Å²) in [6.45, 7) is 8.09. The topological polar surface area (TPSA) is 114 Å². The molecule has 0 aliphatic carbocycles. The lowest BCUT2D eigenvalue weighted by atomic mass is 10.1. The predicted molar refractivity (Wildman–Crippen MR) is 129 cm³/mol. The second kappa shape index (κ2) is 11.1. The Morgan fingerprint density at radius 2 is 1.76 bits per heavy atom. The van der Waals surface area contributed by atoms with Crippen LogP contribution in [0.25, 0.3) is 0 Å². The van der Waals surface area contributed by atoms with Crippen LogP contribution in [0, 0.1) is 6.92 Å². The first kappa shape index (κ1) is 25.1. The summed E-state index contributed by atoms with van der Waals surface area (Å²) in [6.07, 6.45) is 4.83. The summed E-state index contributed by atoms with van der Waals surface area (Å²) in [5.74, 6) is -0.371. The van der Waals surface area contributed by atoms with Crippen molar-refractivity contribution in [3.8, 4) is 0 Å². The number of hydrogen-bond donors (Lipinski definition) is 2. The minimum absolute atomic E-state index is 0.0487. The van der Waals surface area contributed by atoms with E-state index in [2.05, 4.69) is 14.8 Å². The van der Waals surface area contributed by atoms with Crippen molar-refractivity contribution >= 4 is 15.9 Å². The number of nitrogens with zero attached hydrogens (tertiary/aromatic N) is 2. The Bertz CT molecular complexity index is 1130. The molecular formula is C24H34N4O4S. The van der Waals surface area contributed by atoms with Gasteiger partial charge in [-0.05, 0) is 63.4 Å². The molecule has 3 rings (SSSR count). The molecule has 2 heterocycles. The van der Waals surface area contributed by atoms with E-state index >= 15 is 0 Å². The highest BCUT2D eigenvalue weighted by Gasteiger charge is 2.20. The first-order chi connectivity index (χ1) is 15.7. The molecule has 1 saturated heterocycles. The standard InChI is InChI=1S/C24H34N4O4S/c1-3-21-23(22(29)17-18(2)28(21)16-15-27-13-5-4-6-14-27)24(30)26-12-11-19-7-9-20(10-8-19)33(25,31)32/h7-10,17H,3-6,11-16H2,1-2H3,(H,26,30)(H2,25,31,32). The largest absolute Gasteiger partial charge is 0.352 e. The number of amides is 1. The number of carbonyl (C=O) groups excluding carboxylic acids is 1. The monoisotopic (exact) mass is 474 g/mol. The maximum Gasteiger partial charge on any atom is 0.257 e. The SMILES string of the molecule is CCc1c(C(=O)NCCc2ccc(S(N)(=O)=O)cc2)c(=O)cc(C)n1CCN1CCCCC1. The number of hydrogen-bond acceptors (Lipinski definition) is 5. The summed E-state index contributed by atoms with van der Waals surface area (Å²) in [4.78, 5) is 28.2. The van der Waals surface area contributed by atoms with Gasteiger partial charge in [0.05, 0.1) is 4.90 Å². The van der Waals surface area contributed by atoms with Gasteiger partial charge in [-0.1, -0.05) is 25.5 Å². The summed E-state index contributed by atoms with van der Waals surface area (Å²) in [5, 5.41) is 7.97. The van der Waals surface area contributed by atoms with E-state index in [0.717, 1.165) is 43.1 Å². The van der Waals surface area contributed by atoms with Crippen LogP contribution in [0.15, 0.2) is 40.0 Å². The van der Waals surface area contributed by atoms with Gasteiger partial charge in [0.15, 0.2) is 5.43 Å². The molecule has 1 aliphatic heterocycles. The molecule has 0 unspecified atom stereocenters. The van der Waals surface area contributed by atoms with Crippen LogP contribution in [0.2, 0.25) is 0 Å². The average Bonchev–Trinajstić information content (AvgIpc) is 2.78. The van der Waals surface area contributed by atoms with E-state index in [1.807, 2.05) is 13.8 Å². The van der Waals surface area contributed by atoms with E-state index < -0.39 is 10.0 Å². The Kier molecular flexibility index (Phi) is 8.45. The normalized spacial score (nSPS) is 14.9. The second-order valence-corrected chi connectivity index (χ2v) is 10.1. The number of rotatable bonds is 9. The maximum atomic E-state index is 13.0. The van der Waals surface area contributed by atoms with Crippen molar-refractivity contribution in [1.82, 2.24) is 14.8 Å². The molecule has 1 fully saturated rings. The Hall–Kier alpha value is -2.49. The molecule has 1 aliphatic rings. The van der Waals surface area contributed by atoms with Crippen LogP contribution >= 0.6 is 0 Å². The highest BCUT2D eigenvalue weighted by molar-refractivity contribution is 7.89. The van der Waals surface area contributed by atoms with E-state index in [1.54, 1.807) is 18.2 Å². The minimum Gasteiger partial charge on any atom is -0.352 e. The number of aromatic nitrogens is 1. The van der Waals surface area contributed by atoms with E-state index in [9.17, 15) is 18.0 Å². The number of nitrogens with two attached hydrogens (primary N) is 1. The van der Waals surface area contributed by atoms with Crippen molar-refractivity contribution in [1.29, 1.82) is 0 Å². The van der Waals surface area contributed by atoms with E-state index in [-0.39, 0.29) is 21.8 Å². The fourth-order valence-corrected chi connectivity index (χ4v) is 4.95. The molecule has 180 valence electrons. The molecule has 0 saturated carbocycles. The Balaban J connectivity index is 1.69. The quantitative estimate of drug-likeness (QED) is 0.575. The summed E-state index contributed by atoms with van der Waals surface area (Å²) in [6, 6.07) is 7.78. The first-order valence-electron chi connectivity index (χ1n) is 11.6. The van der Waals surface area contributed by atoms with Gasteiger partial charge in [0, 0.05) is 37.1 Å². The van der Waals surface area contributed by atoms with Crippen LogP contribution in [0.4, 0.5) is 0 Å². The van der Waals surface area contributed by atoms with Crippen molar-refractivity contribution in [2.45, 2.75) is 57.4 Å². The van der Waals surface area contributed by atoms with Crippen LogP contribution in [0.5, 0.6) is 0 Å². The van der Waals surface area contributed by atoms with Crippen molar-refractivity contribution in [3.05, 3.63) is 63.1 Å². The highest BCUT2D eigenvalue weighted by Crippen LogP contribution is 2.13. The molecule has 2 aromatic rings. The third kappa shape index (κ3) is 6.52. The van der Waals surface area contributed by atoms with Gasteiger partial charge in [0.25, 0.3) is 5.91 Å². The molecule has 0 bridgehead atoms. The minimum atomic E-state index is -3.73. The van der Waals surface area contributed by atoms with Gasteiger partial charge in [-0.3, -0.25) is 9.59 Å². The molecule has 9 heteroatoms. The van der Waals surface area contributed by atoms with Crippen molar-refractivity contribution in [2.24, 2.45) is 5.14 Å². The van der Waals surface area contributed by atoms with Gasteiger partial charge in [-0.2, -0.15) is 0 Å². The number of aryl methyl sites for hydroxylation is 1. The van der Waals surface area contributed by atoms with Gasteiger partial charge < -0.3 is 14.8 Å². The summed E-state index contributed by atoms with van der Waals surface area (Å²) < 4.78 is 24.9. The lowest BCUT2D eigenvalue weighted by Gasteiger charge is -2.28. The summed E-state index contributed by atoms with van der Waals surface area (Å²) in [7, 11) is -3.73. The maximum absolute atomic E-state index is 13.0. The fourth-order valence-electron chi connectivity index (χ4n) is 4.43. The van der Waals surface area contributed by atoms with E-state index in [4.69, 9.17) is 5.14 Å². The number of nitrogens with one attached hydrogen (secondary N) is 1. The molecule has 33 heavy (non-hydrogen) atoms. The molecule has 3 N–H and O–H groups in total. The van der Waals surface area contributed by atoms with E-state index in [1.165, 1.54) is 31.4 Å². The zero-order valence-electron chi connectivity index (χ0n) is 19.5. The lowest BCUT2D eigenvalue weighted by Crippen LogP contribution is -2.36. The zero-order chi connectivity index (χ0) is 24.0. The second-order valence-electron chi connectivity index (χ2n) is 8.57. The number of benzene rings is 1. The van der Waals surface area contributed by atoms with Crippen LogP contribution < -0.4 is 15.9 Å². The number of pyridine rings is 1. The molecule has 0 atom stereocenters. The third-order valence-corrected chi connectivity index (χ3v) is 7.16. The number of sulfonamides is 1. The molecule has 1 amide bonds. The van der Waals surface area contributed by atoms with Crippen LogP contribution in [0.1, 0.15) is 53.5 Å². The number of carbonyl (C=O) groups is 1. The lowest BCUT2D eigenvalue weighted by molar-refractivity contribution is 0.0951. The number of primary sulfonamides is 1. The first-order valence-corrected chi connectivity index (χ1v) is 13.1. The molecule has 0 spiro atoms. The van der Waals surface area contributed by atoms with Gasteiger partial charge in [-0.15, -0.1) is 0 Å². The molecule has 0 radical (unpaired) electrons. The average molecular weight is 475 g/mol. The van der Waals surface area contributed by atoms with Crippen molar-refractivity contribution < 1.29 is 13.2 Å². The molecule has 1 aromatic heterocycles. The highest BCUT2D eigenvalue weighted by atomic mass is 32.2. The predicted octanol–water partition coefficient (Wildman–Crippen LogP) is 1.82. The van der Waals surface area contributed by atoms with Crippen LogP contribution in [-0.4, -0.2) is 50.0 Å². The summed E-state index contributed by atoms with van der Waals surface area (Å²) >= 11 is 0. The van der Waals surface area contributed by atoms with Crippen LogP contribution in [0.3, 0.4) is 0 Å². The molecule has 8 nitrogen and oxygen atoms in total. The number of piperidine rings is 1. The van der Waals surface area contributed by atoms with Crippen molar-refractivity contribution in [2.75, 3.05) is 26.2 Å². The zero-order valence-corrected chi connectivity index (χ0v) is 20.3. The Labute approximate surface area is 195 Å². The van der Waals surface area contributed by atoms with Crippen LogP contribution in [-0.2, 0) is 29.4 Å². The van der Waals surface area contributed by atoms with Gasteiger partial charge >= 0.3 is 0 Å². The Morgan fingerprint density at radius 3 is 2.36 bits per heavy atom. The Morgan fingerprint density at radius 1 is 1.09 bits per heavy atom. The number of likely N-dealkylation sites (tertiary alicyclic amines) is 1.